The van der Waals surface area contributed by atoms with Crippen LogP contribution >= 0.6 is 15.9 Å². The van der Waals surface area contributed by atoms with Crippen LogP contribution in [0.3, 0.4) is 0 Å². The second-order valence-corrected chi connectivity index (χ2v) is 5.23. The van der Waals surface area contributed by atoms with Crippen molar-refractivity contribution in [3.63, 3.8) is 0 Å². The number of rotatable bonds is 1. The molecule has 1 aliphatic heterocycles. The lowest BCUT2D eigenvalue weighted by atomic mass is 10.1. The summed E-state index contributed by atoms with van der Waals surface area (Å²) in [5.41, 5.74) is 2.48. The molecule has 0 saturated heterocycles. The fourth-order valence-electron chi connectivity index (χ4n) is 2.20. The van der Waals surface area contributed by atoms with Crippen LogP contribution in [0.5, 0.6) is 11.8 Å². The summed E-state index contributed by atoms with van der Waals surface area (Å²) < 4.78 is 0.977. The Balaban J connectivity index is 2.08. The molecule has 2 aromatic rings. The van der Waals surface area contributed by atoms with Crippen molar-refractivity contribution in [3.05, 3.63) is 34.3 Å². The number of aliphatic imine (C=N–C) groups is 1. The third kappa shape index (κ3) is 1.98. The summed E-state index contributed by atoms with van der Waals surface area (Å²) in [7, 11) is 0. The number of fused-ring (bicyclic) bond motifs is 1. The fourth-order valence-corrected chi connectivity index (χ4v) is 2.68. The van der Waals surface area contributed by atoms with E-state index in [1.165, 1.54) is 6.07 Å². The zero-order chi connectivity index (χ0) is 13.6. The molecule has 0 saturated carbocycles. The largest absolute Gasteiger partial charge is 0.494 e. The minimum Gasteiger partial charge on any atom is -0.494 e. The summed E-state index contributed by atoms with van der Waals surface area (Å²) in [6.45, 7) is 2.45. The number of hydrogen-bond acceptors (Lipinski definition) is 4. The van der Waals surface area contributed by atoms with Gasteiger partial charge in [0.15, 0.2) is 5.88 Å². The zero-order valence-electron chi connectivity index (χ0n) is 10.2. The maximum atomic E-state index is 9.79. The van der Waals surface area contributed by atoms with Crippen LogP contribution in [0.15, 0.2) is 33.7 Å². The highest BCUT2D eigenvalue weighted by molar-refractivity contribution is 9.10. The van der Waals surface area contributed by atoms with E-state index in [9.17, 15) is 10.2 Å². The van der Waals surface area contributed by atoms with E-state index in [0.29, 0.717) is 12.2 Å². The molecule has 19 heavy (non-hydrogen) atoms. The van der Waals surface area contributed by atoms with Crippen LogP contribution in [0, 0.1) is 0 Å². The Labute approximate surface area is 118 Å². The maximum Gasteiger partial charge on any atom is 0.215 e. The van der Waals surface area contributed by atoms with Gasteiger partial charge in [0.1, 0.15) is 11.5 Å². The van der Waals surface area contributed by atoms with Crippen LogP contribution in [-0.4, -0.2) is 21.0 Å². The van der Waals surface area contributed by atoms with Gasteiger partial charge in [0.25, 0.3) is 0 Å². The Bertz CT molecular complexity index is 679. The van der Waals surface area contributed by atoms with Crippen molar-refractivity contribution in [2.45, 2.75) is 13.5 Å². The normalized spacial score (nSPS) is 14.2. The van der Waals surface area contributed by atoms with E-state index in [2.05, 4.69) is 25.9 Å². The summed E-state index contributed by atoms with van der Waals surface area (Å²) in [6.07, 6.45) is 0. The number of halogens is 1. The number of anilines is 1. The molecule has 98 valence electrons. The summed E-state index contributed by atoms with van der Waals surface area (Å²) in [4.78, 5) is 8.83. The summed E-state index contributed by atoms with van der Waals surface area (Å²) in [5.74, 6) is 0.626. The summed E-state index contributed by atoms with van der Waals surface area (Å²) in [6, 6.07) is 7.34. The van der Waals surface area contributed by atoms with Gasteiger partial charge < -0.3 is 15.1 Å². The lowest BCUT2D eigenvalue weighted by molar-refractivity contribution is 0.425. The van der Waals surface area contributed by atoms with Crippen molar-refractivity contribution in [2.75, 3.05) is 4.90 Å². The third-order valence-corrected chi connectivity index (χ3v) is 3.88. The lowest BCUT2D eigenvalue weighted by Crippen LogP contribution is -2.30. The summed E-state index contributed by atoms with van der Waals surface area (Å²) in [5, 5.41) is 19.2. The molecule has 0 atom stereocenters. The molecule has 5 nitrogen and oxygen atoms in total. The number of aromatic amines is 1. The number of nitrogens with zero attached hydrogens (tertiary/aromatic N) is 2. The first kappa shape index (κ1) is 12.1. The van der Waals surface area contributed by atoms with Crippen LogP contribution in [-0.2, 0) is 6.54 Å². The van der Waals surface area contributed by atoms with Crippen molar-refractivity contribution in [3.8, 4) is 11.8 Å². The SMILES string of the molecule is CC1=Nc2cccc(Br)c2CN1c1cc(O)[nH]c1O. The van der Waals surface area contributed by atoms with Gasteiger partial charge in [-0.25, -0.2) is 4.99 Å². The Morgan fingerprint density at radius 3 is 2.84 bits per heavy atom. The van der Waals surface area contributed by atoms with E-state index in [-0.39, 0.29) is 11.8 Å². The van der Waals surface area contributed by atoms with Crippen molar-refractivity contribution >= 4 is 33.1 Å². The first-order chi connectivity index (χ1) is 9.06. The highest BCUT2D eigenvalue weighted by Crippen LogP contribution is 2.38. The third-order valence-electron chi connectivity index (χ3n) is 3.14. The van der Waals surface area contributed by atoms with Gasteiger partial charge in [-0.05, 0) is 19.1 Å². The second-order valence-electron chi connectivity index (χ2n) is 4.37. The van der Waals surface area contributed by atoms with Crippen LogP contribution in [0.25, 0.3) is 0 Å². The smallest absolute Gasteiger partial charge is 0.215 e. The van der Waals surface area contributed by atoms with Crippen LogP contribution in [0.1, 0.15) is 12.5 Å². The van der Waals surface area contributed by atoms with E-state index in [1.54, 1.807) is 0 Å². The molecule has 1 aromatic heterocycles. The van der Waals surface area contributed by atoms with Gasteiger partial charge in [-0.3, -0.25) is 4.98 Å². The number of amidine groups is 1. The lowest BCUT2D eigenvalue weighted by Gasteiger charge is -2.28. The molecular formula is C13H12BrN3O2. The minimum absolute atomic E-state index is 0.0671. The van der Waals surface area contributed by atoms with Gasteiger partial charge in [0, 0.05) is 16.1 Å². The van der Waals surface area contributed by atoms with Crippen molar-refractivity contribution in [1.82, 2.24) is 4.98 Å². The number of aromatic nitrogens is 1. The first-order valence-corrected chi connectivity index (χ1v) is 6.56. The molecule has 0 aliphatic carbocycles. The standard InChI is InChI=1S/C13H12BrN3O2/c1-7-15-10-4-2-3-9(14)8(10)6-17(7)11-5-12(18)16-13(11)19/h2-5,16,18-19H,6H2,1H3. The predicted octanol–water partition coefficient (Wildman–Crippen LogP) is 3.26. The number of hydrogen-bond donors (Lipinski definition) is 3. The average molecular weight is 322 g/mol. The molecule has 6 heteroatoms. The van der Waals surface area contributed by atoms with Crippen LogP contribution in [0.2, 0.25) is 0 Å². The molecule has 0 fully saturated rings. The molecule has 0 spiro atoms. The van der Waals surface area contributed by atoms with Gasteiger partial charge in [-0.15, -0.1) is 0 Å². The molecule has 0 unspecified atom stereocenters. The molecular weight excluding hydrogens is 310 g/mol. The van der Waals surface area contributed by atoms with Gasteiger partial charge >= 0.3 is 0 Å². The molecule has 1 aromatic carbocycles. The van der Waals surface area contributed by atoms with Crippen molar-refractivity contribution in [1.29, 1.82) is 0 Å². The van der Waals surface area contributed by atoms with Crippen molar-refractivity contribution < 1.29 is 10.2 Å². The molecule has 3 rings (SSSR count). The highest BCUT2D eigenvalue weighted by Gasteiger charge is 2.23. The highest BCUT2D eigenvalue weighted by atomic mass is 79.9. The monoisotopic (exact) mass is 321 g/mol. The minimum atomic E-state index is -0.0711. The van der Waals surface area contributed by atoms with E-state index >= 15 is 0 Å². The van der Waals surface area contributed by atoms with E-state index in [1.807, 2.05) is 30.0 Å². The molecule has 2 heterocycles. The van der Waals surface area contributed by atoms with Crippen LogP contribution < -0.4 is 4.90 Å². The Morgan fingerprint density at radius 2 is 2.16 bits per heavy atom. The number of nitrogens with one attached hydrogen (secondary N) is 1. The van der Waals surface area contributed by atoms with E-state index in [0.717, 1.165) is 21.6 Å². The fraction of sp³-hybridized carbons (Fsp3) is 0.154. The molecule has 1 aliphatic rings. The second kappa shape index (κ2) is 4.31. The van der Waals surface area contributed by atoms with Gasteiger partial charge in [0.2, 0.25) is 5.88 Å². The molecule has 3 N–H and O–H groups in total. The van der Waals surface area contributed by atoms with E-state index in [4.69, 9.17) is 0 Å². The Hall–Kier alpha value is -1.95. The van der Waals surface area contributed by atoms with E-state index < -0.39 is 0 Å². The average Bonchev–Trinajstić information content (AvgIpc) is 2.68. The molecule has 0 amide bonds. The zero-order valence-corrected chi connectivity index (χ0v) is 11.8. The Morgan fingerprint density at radius 1 is 1.37 bits per heavy atom. The topological polar surface area (TPSA) is 71.8 Å². The number of H-pyrrole nitrogens is 1. The van der Waals surface area contributed by atoms with Crippen molar-refractivity contribution in [2.24, 2.45) is 4.99 Å². The van der Waals surface area contributed by atoms with Crippen LogP contribution in [0.4, 0.5) is 11.4 Å². The molecule has 0 radical (unpaired) electrons. The van der Waals surface area contributed by atoms with Gasteiger partial charge in [0.05, 0.1) is 12.2 Å². The first-order valence-electron chi connectivity index (χ1n) is 5.77. The van der Waals surface area contributed by atoms with Gasteiger partial charge in [-0.2, -0.15) is 0 Å². The predicted molar refractivity (Wildman–Crippen MR) is 77.2 cm³/mol. The van der Waals surface area contributed by atoms with Gasteiger partial charge in [-0.1, -0.05) is 22.0 Å². The Kier molecular flexibility index (Phi) is 2.74. The molecule has 0 bridgehead atoms. The quantitative estimate of drug-likeness (QED) is 0.755. The number of aromatic hydroxyl groups is 2. The summed E-state index contributed by atoms with van der Waals surface area (Å²) >= 11 is 3.51. The maximum absolute atomic E-state index is 9.79. The number of benzene rings is 1.